The van der Waals surface area contributed by atoms with Crippen molar-refractivity contribution in [1.29, 1.82) is 0 Å². The van der Waals surface area contributed by atoms with E-state index in [2.05, 4.69) is 23.2 Å². The van der Waals surface area contributed by atoms with Crippen molar-refractivity contribution in [1.82, 2.24) is 5.16 Å². The summed E-state index contributed by atoms with van der Waals surface area (Å²) in [7, 11) is -3.47. The van der Waals surface area contributed by atoms with Crippen molar-refractivity contribution in [2.24, 2.45) is 0 Å². The van der Waals surface area contributed by atoms with Gasteiger partial charge in [-0.2, -0.15) is 8.42 Å². The monoisotopic (exact) mass is 295 g/mol. The van der Waals surface area contributed by atoms with Crippen molar-refractivity contribution in [2.75, 3.05) is 6.26 Å². The Kier molecular flexibility index (Phi) is 4.25. The van der Waals surface area contributed by atoms with Gasteiger partial charge in [0.2, 0.25) is 0 Å². The summed E-state index contributed by atoms with van der Waals surface area (Å²) in [4.78, 5) is 0. The second-order valence-electron chi connectivity index (χ2n) is 4.93. The van der Waals surface area contributed by atoms with E-state index in [0.29, 0.717) is 17.4 Å². The molecule has 0 unspecified atom stereocenters. The molecule has 0 amide bonds. The van der Waals surface area contributed by atoms with Crippen LogP contribution < -0.4 is 0 Å². The predicted octanol–water partition coefficient (Wildman–Crippen LogP) is 2.94. The van der Waals surface area contributed by atoms with E-state index in [0.717, 1.165) is 11.8 Å². The third-order valence-electron chi connectivity index (χ3n) is 2.84. The first kappa shape index (κ1) is 14.7. The number of hydrogen-bond acceptors (Lipinski definition) is 5. The zero-order chi connectivity index (χ0) is 14.8. The van der Waals surface area contributed by atoms with E-state index in [4.69, 9.17) is 4.52 Å². The van der Waals surface area contributed by atoms with Crippen molar-refractivity contribution >= 4 is 10.1 Å². The molecule has 2 rings (SSSR count). The van der Waals surface area contributed by atoms with Gasteiger partial charge in [-0.05, 0) is 11.5 Å². The highest BCUT2D eigenvalue weighted by molar-refractivity contribution is 7.85. The third kappa shape index (κ3) is 3.91. The summed E-state index contributed by atoms with van der Waals surface area (Å²) in [5, 5.41) is 3.79. The van der Waals surface area contributed by atoms with Crippen molar-refractivity contribution in [3.8, 4) is 11.3 Å². The van der Waals surface area contributed by atoms with Gasteiger partial charge in [-0.3, -0.25) is 4.18 Å². The summed E-state index contributed by atoms with van der Waals surface area (Å²) in [6, 6.07) is 9.66. The summed E-state index contributed by atoms with van der Waals surface area (Å²) in [6.07, 6.45) is 0.999. The van der Waals surface area contributed by atoms with Crippen LogP contribution >= 0.6 is 0 Å². The summed E-state index contributed by atoms with van der Waals surface area (Å²) in [5.74, 6) is 1.06. The van der Waals surface area contributed by atoms with Crippen molar-refractivity contribution < 1.29 is 17.1 Å². The molecule has 1 heterocycles. The normalized spacial score (nSPS) is 12.0. The minimum Gasteiger partial charge on any atom is -0.356 e. The molecule has 0 saturated carbocycles. The molecule has 0 N–H and O–H groups in total. The second-order valence-corrected chi connectivity index (χ2v) is 6.57. The zero-order valence-electron chi connectivity index (χ0n) is 11.7. The van der Waals surface area contributed by atoms with Gasteiger partial charge in [-0.25, -0.2) is 0 Å². The van der Waals surface area contributed by atoms with Gasteiger partial charge in [-0.1, -0.05) is 43.3 Å². The summed E-state index contributed by atoms with van der Waals surface area (Å²) < 4.78 is 31.7. The van der Waals surface area contributed by atoms with E-state index in [1.165, 1.54) is 5.56 Å². The molecule has 20 heavy (non-hydrogen) atoms. The third-order valence-corrected chi connectivity index (χ3v) is 3.39. The molecule has 0 atom stereocenters. The lowest BCUT2D eigenvalue weighted by Gasteiger charge is -2.04. The van der Waals surface area contributed by atoms with E-state index in [1.807, 2.05) is 24.3 Å². The first-order valence-corrected chi connectivity index (χ1v) is 8.07. The van der Waals surface area contributed by atoms with Crippen molar-refractivity contribution in [3.05, 3.63) is 41.6 Å². The van der Waals surface area contributed by atoms with Crippen LogP contribution in [-0.2, 0) is 20.9 Å². The number of nitrogens with zero attached hydrogens (tertiary/aromatic N) is 1. The minimum absolute atomic E-state index is 0.119. The smallest absolute Gasteiger partial charge is 0.264 e. The van der Waals surface area contributed by atoms with Crippen molar-refractivity contribution in [3.63, 3.8) is 0 Å². The van der Waals surface area contributed by atoms with Gasteiger partial charge >= 0.3 is 0 Å². The van der Waals surface area contributed by atoms with E-state index in [1.54, 1.807) is 6.07 Å². The first-order valence-electron chi connectivity index (χ1n) is 6.25. The SMILES string of the molecule is CC(C)c1ccc(-c2cc(COS(C)(=O)=O)no2)cc1. The van der Waals surface area contributed by atoms with E-state index in [9.17, 15) is 8.42 Å². The number of rotatable bonds is 5. The molecule has 5 nitrogen and oxygen atoms in total. The van der Waals surface area contributed by atoms with E-state index >= 15 is 0 Å². The standard InChI is InChI=1S/C14H17NO4S/c1-10(2)11-4-6-12(7-5-11)14-8-13(15-19-14)9-18-20(3,16)17/h4-8,10H,9H2,1-3H3. The summed E-state index contributed by atoms with van der Waals surface area (Å²) in [5.41, 5.74) is 2.58. The maximum Gasteiger partial charge on any atom is 0.264 e. The Morgan fingerprint density at radius 3 is 2.45 bits per heavy atom. The molecule has 6 heteroatoms. The molecule has 1 aromatic heterocycles. The molecule has 1 aromatic carbocycles. The fourth-order valence-electron chi connectivity index (χ4n) is 1.72. The van der Waals surface area contributed by atoms with Crippen LogP contribution in [0.4, 0.5) is 0 Å². The minimum atomic E-state index is -3.47. The van der Waals surface area contributed by atoms with Crippen LogP contribution in [0.2, 0.25) is 0 Å². The van der Waals surface area contributed by atoms with Crippen LogP contribution in [-0.4, -0.2) is 19.8 Å². The number of benzene rings is 1. The van der Waals surface area contributed by atoms with Crippen LogP contribution in [0.25, 0.3) is 11.3 Å². The van der Waals surface area contributed by atoms with Gasteiger partial charge in [0.15, 0.2) is 5.76 Å². The van der Waals surface area contributed by atoms with E-state index < -0.39 is 10.1 Å². The molecule has 0 fully saturated rings. The molecular formula is C14H17NO4S. The summed E-state index contributed by atoms with van der Waals surface area (Å²) in [6.45, 7) is 4.14. The second kappa shape index (κ2) is 5.76. The molecule has 0 spiro atoms. The predicted molar refractivity (Wildman–Crippen MR) is 75.7 cm³/mol. The van der Waals surface area contributed by atoms with Crippen LogP contribution in [0.5, 0.6) is 0 Å². The van der Waals surface area contributed by atoms with Crippen LogP contribution in [0, 0.1) is 0 Å². The molecule has 0 bridgehead atoms. The Morgan fingerprint density at radius 1 is 1.25 bits per heavy atom. The topological polar surface area (TPSA) is 69.4 Å². The molecule has 2 aromatic rings. The molecule has 0 aliphatic heterocycles. The largest absolute Gasteiger partial charge is 0.356 e. The van der Waals surface area contributed by atoms with Crippen LogP contribution in [0.15, 0.2) is 34.9 Å². The Hall–Kier alpha value is -1.66. The highest BCUT2D eigenvalue weighted by atomic mass is 32.2. The molecule has 0 saturated heterocycles. The maximum atomic E-state index is 10.9. The van der Waals surface area contributed by atoms with Gasteiger partial charge in [0.1, 0.15) is 12.3 Å². The molecular weight excluding hydrogens is 278 g/mol. The van der Waals surface area contributed by atoms with E-state index in [-0.39, 0.29) is 6.61 Å². The summed E-state index contributed by atoms with van der Waals surface area (Å²) >= 11 is 0. The Bertz CT molecular complexity index is 671. The van der Waals surface area contributed by atoms with Gasteiger partial charge < -0.3 is 4.52 Å². The lowest BCUT2D eigenvalue weighted by atomic mass is 10.0. The average Bonchev–Trinajstić information content (AvgIpc) is 2.84. The van der Waals surface area contributed by atoms with Crippen LogP contribution in [0.3, 0.4) is 0 Å². The lowest BCUT2D eigenvalue weighted by Crippen LogP contribution is -2.02. The maximum absolute atomic E-state index is 10.9. The van der Waals surface area contributed by atoms with Crippen molar-refractivity contribution in [2.45, 2.75) is 26.4 Å². The molecule has 0 radical (unpaired) electrons. The zero-order valence-corrected chi connectivity index (χ0v) is 12.5. The van der Waals surface area contributed by atoms with Gasteiger partial charge in [0.05, 0.1) is 6.26 Å². The lowest BCUT2D eigenvalue weighted by molar-refractivity contribution is 0.296. The first-order chi connectivity index (χ1) is 9.35. The Balaban J connectivity index is 2.12. The van der Waals surface area contributed by atoms with Crippen LogP contribution in [0.1, 0.15) is 31.0 Å². The fourth-order valence-corrected chi connectivity index (χ4v) is 2.05. The highest BCUT2D eigenvalue weighted by Gasteiger charge is 2.10. The van der Waals surface area contributed by atoms with Gasteiger partial charge in [0, 0.05) is 11.6 Å². The average molecular weight is 295 g/mol. The van der Waals surface area contributed by atoms with Gasteiger partial charge in [0.25, 0.3) is 10.1 Å². The fraction of sp³-hybridized carbons (Fsp3) is 0.357. The number of hydrogen-bond donors (Lipinski definition) is 0. The number of aromatic nitrogens is 1. The molecule has 108 valence electrons. The quantitative estimate of drug-likeness (QED) is 0.793. The Morgan fingerprint density at radius 2 is 1.90 bits per heavy atom. The van der Waals surface area contributed by atoms with Gasteiger partial charge in [-0.15, -0.1) is 0 Å². The molecule has 0 aliphatic carbocycles. The highest BCUT2D eigenvalue weighted by Crippen LogP contribution is 2.23. The Labute approximate surface area is 118 Å². The molecule has 0 aliphatic rings.